The molecular formula is C16H19ClFNO. The highest BCUT2D eigenvalue weighted by Crippen LogP contribution is 2.18. The molecule has 0 heterocycles. The Morgan fingerprint density at radius 1 is 1.05 bits per heavy atom. The van der Waals surface area contributed by atoms with E-state index in [1.165, 1.54) is 12.1 Å². The molecule has 0 aliphatic rings. The Morgan fingerprint density at radius 2 is 1.65 bits per heavy atom. The van der Waals surface area contributed by atoms with Gasteiger partial charge in [-0.1, -0.05) is 42.5 Å². The molecule has 0 aliphatic carbocycles. The first-order valence-corrected chi connectivity index (χ1v) is 6.33. The number of hydrogen-bond donors (Lipinski definition) is 1. The smallest absolute Gasteiger partial charge is 0.123 e. The third-order valence-corrected chi connectivity index (χ3v) is 3.12. The summed E-state index contributed by atoms with van der Waals surface area (Å²) in [6.07, 6.45) is -0.134. The fourth-order valence-electron chi connectivity index (χ4n) is 1.86. The summed E-state index contributed by atoms with van der Waals surface area (Å²) in [6.45, 7) is 2.45. The van der Waals surface area contributed by atoms with Crippen LogP contribution in [0.25, 0.3) is 0 Å². The predicted octanol–water partition coefficient (Wildman–Crippen LogP) is 3.85. The molecular weight excluding hydrogens is 277 g/mol. The second-order valence-corrected chi connectivity index (χ2v) is 4.58. The maximum atomic E-state index is 12.8. The Labute approximate surface area is 125 Å². The highest BCUT2D eigenvalue weighted by atomic mass is 35.5. The fourth-order valence-corrected chi connectivity index (χ4v) is 1.86. The van der Waals surface area contributed by atoms with Crippen molar-refractivity contribution >= 4 is 12.4 Å². The largest absolute Gasteiger partial charge is 0.372 e. The Balaban J connectivity index is 0.00000200. The maximum absolute atomic E-state index is 12.8. The van der Waals surface area contributed by atoms with E-state index in [2.05, 4.69) is 0 Å². The molecule has 2 rings (SSSR count). The summed E-state index contributed by atoms with van der Waals surface area (Å²) in [5.41, 5.74) is 8.09. The molecule has 4 heteroatoms. The number of rotatable bonds is 5. The van der Waals surface area contributed by atoms with Crippen LogP contribution in [0.4, 0.5) is 4.39 Å². The number of halogens is 2. The molecule has 20 heavy (non-hydrogen) atoms. The quantitative estimate of drug-likeness (QED) is 0.909. The summed E-state index contributed by atoms with van der Waals surface area (Å²) in [6, 6.07) is 15.9. The van der Waals surface area contributed by atoms with Crippen molar-refractivity contribution < 1.29 is 9.13 Å². The first-order valence-electron chi connectivity index (χ1n) is 6.33. The lowest BCUT2D eigenvalue weighted by atomic mass is 10.0. The molecule has 0 aromatic heterocycles. The van der Waals surface area contributed by atoms with Gasteiger partial charge < -0.3 is 10.5 Å². The van der Waals surface area contributed by atoms with Crippen molar-refractivity contribution in [2.24, 2.45) is 5.73 Å². The van der Waals surface area contributed by atoms with E-state index in [9.17, 15) is 4.39 Å². The molecule has 2 N–H and O–H groups in total. The lowest BCUT2D eigenvalue weighted by Crippen LogP contribution is -2.26. The highest BCUT2D eigenvalue weighted by Gasteiger charge is 2.15. The van der Waals surface area contributed by atoms with E-state index in [4.69, 9.17) is 10.5 Å². The van der Waals surface area contributed by atoms with Crippen LogP contribution in [0.2, 0.25) is 0 Å². The number of nitrogens with two attached hydrogens (primary N) is 1. The summed E-state index contributed by atoms with van der Waals surface area (Å²) in [5, 5.41) is 0. The standard InChI is InChI=1S/C16H18FNO.ClH/c1-12(19-11-13-5-3-2-4-6-13)16(18)14-7-9-15(17)10-8-14;/h2-10,12,16H,11,18H2,1H3;1H/t12-,16+;/m0./s1. The SMILES string of the molecule is C[C@H](OCc1ccccc1)[C@@H](N)c1ccc(F)cc1.Cl. The molecule has 0 aliphatic heterocycles. The Hall–Kier alpha value is -1.42. The molecule has 2 aromatic rings. The summed E-state index contributed by atoms with van der Waals surface area (Å²) in [4.78, 5) is 0. The van der Waals surface area contributed by atoms with E-state index in [1.54, 1.807) is 12.1 Å². The van der Waals surface area contributed by atoms with Crippen LogP contribution in [0.3, 0.4) is 0 Å². The lowest BCUT2D eigenvalue weighted by molar-refractivity contribution is 0.0357. The van der Waals surface area contributed by atoms with Crippen LogP contribution in [0.15, 0.2) is 54.6 Å². The minimum absolute atomic E-state index is 0. The van der Waals surface area contributed by atoms with Crippen molar-refractivity contribution in [2.45, 2.75) is 25.7 Å². The van der Waals surface area contributed by atoms with E-state index in [0.717, 1.165) is 11.1 Å². The summed E-state index contributed by atoms with van der Waals surface area (Å²) >= 11 is 0. The Bertz CT molecular complexity index is 504. The lowest BCUT2D eigenvalue weighted by Gasteiger charge is -2.21. The van der Waals surface area contributed by atoms with Crippen molar-refractivity contribution in [3.63, 3.8) is 0 Å². The van der Waals surface area contributed by atoms with Crippen molar-refractivity contribution in [1.29, 1.82) is 0 Å². The van der Waals surface area contributed by atoms with Crippen LogP contribution in [0.1, 0.15) is 24.1 Å². The molecule has 0 spiro atoms. The molecule has 0 saturated carbocycles. The van der Waals surface area contributed by atoms with Gasteiger partial charge in [-0.3, -0.25) is 0 Å². The average Bonchev–Trinajstić information content (AvgIpc) is 2.46. The molecule has 0 amide bonds. The van der Waals surface area contributed by atoms with E-state index in [0.29, 0.717) is 6.61 Å². The molecule has 2 nitrogen and oxygen atoms in total. The fraction of sp³-hybridized carbons (Fsp3) is 0.250. The van der Waals surface area contributed by atoms with Gasteiger partial charge in [0, 0.05) is 0 Å². The zero-order valence-electron chi connectivity index (χ0n) is 11.3. The van der Waals surface area contributed by atoms with E-state index >= 15 is 0 Å². The molecule has 0 bridgehead atoms. The first-order chi connectivity index (χ1) is 9.16. The second-order valence-electron chi connectivity index (χ2n) is 4.58. The van der Waals surface area contributed by atoms with Crippen LogP contribution < -0.4 is 5.73 Å². The van der Waals surface area contributed by atoms with Gasteiger partial charge in [-0.2, -0.15) is 0 Å². The van der Waals surface area contributed by atoms with Crippen LogP contribution >= 0.6 is 12.4 Å². The minimum atomic E-state index is -0.260. The van der Waals surface area contributed by atoms with E-state index in [-0.39, 0.29) is 30.4 Å². The highest BCUT2D eigenvalue weighted by molar-refractivity contribution is 5.85. The summed E-state index contributed by atoms with van der Waals surface area (Å²) < 4.78 is 18.6. The normalized spacial score (nSPS) is 13.3. The first kappa shape index (κ1) is 16.6. The van der Waals surface area contributed by atoms with Crippen molar-refractivity contribution in [2.75, 3.05) is 0 Å². The van der Waals surface area contributed by atoms with E-state index in [1.807, 2.05) is 37.3 Å². The predicted molar refractivity (Wildman–Crippen MR) is 81.3 cm³/mol. The van der Waals surface area contributed by atoms with Gasteiger partial charge in [0.05, 0.1) is 18.8 Å². The number of benzene rings is 2. The van der Waals surface area contributed by atoms with Crippen molar-refractivity contribution in [3.8, 4) is 0 Å². The van der Waals surface area contributed by atoms with Gasteiger partial charge in [-0.05, 0) is 30.2 Å². The van der Waals surface area contributed by atoms with Crippen molar-refractivity contribution in [3.05, 3.63) is 71.5 Å². The Morgan fingerprint density at radius 3 is 2.25 bits per heavy atom. The number of hydrogen-bond acceptors (Lipinski definition) is 2. The van der Waals surface area contributed by atoms with Gasteiger partial charge in [0.25, 0.3) is 0 Å². The van der Waals surface area contributed by atoms with Crippen molar-refractivity contribution in [1.82, 2.24) is 0 Å². The van der Waals surface area contributed by atoms with Gasteiger partial charge in [-0.25, -0.2) is 4.39 Å². The van der Waals surface area contributed by atoms with Gasteiger partial charge in [0.2, 0.25) is 0 Å². The van der Waals surface area contributed by atoms with Crippen LogP contribution in [0.5, 0.6) is 0 Å². The maximum Gasteiger partial charge on any atom is 0.123 e. The van der Waals surface area contributed by atoms with Gasteiger partial charge in [0.15, 0.2) is 0 Å². The molecule has 0 saturated heterocycles. The van der Waals surface area contributed by atoms with Crippen LogP contribution in [-0.4, -0.2) is 6.10 Å². The van der Waals surface area contributed by atoms with Gasteiger partial charge in [0.1, 0.15) is 5.82 Å². The average molecular weight is 296 g/mol. The molecule has 108 valence electrons. The zero-order chi connectivity index (χ0) is 13.7. The molecule has 0 radical (unpaired) electrons. The topological polar surface area (TPSA) is 35.2 Å². The monoisotopic (exact) mass is 295 g/mol. The third kappa shape index (κ3) is 4.60. The summed E-state index contributed by atoms with van der Waals surface area (Å²) in [7, 11) is 0. The molecule has 2 atom stereocenters. The van der Waals surface area contributed by atoms with Crippen LogP contribution in [-0.2, 0) is 11.3 Å². The molecule has 2 aromatic carbocycles. The van der Waals surface area contributed by atoms with Gasteiger partial charge in [-0.15, -0.1) is 12.4 Å². The summed E-state index contributed by atoms with van der Waals surface area (Å²) in [5.74, 6) is -0.256. The van der Waals surface area contributed by atoms with E-state index < -0.39 is 0 Å². The molecule has 0 unspecified atom stereocenters. The minimum Gasteiger partial charge on any atom is -0.372 e. The van der Waals surface area contributed by atoms with Gasteiger partial charge >= 0.3 is 0 Å². The zero-order valence-corrected chi connectivity index (χ0v) is 12.1. The third-order valence-electron chi connectivity index (χ3n) is 3.12. The Kier molecular flexibility index (Phi) is 6.65. The second kappa shape index (κ2) is 8.00. The number of ether oxygens (including phenoxy) is 1. The molecule has 0 fully saturated rings. The van der Waals surface area contributed by atoms with Crippen LogP contribution in [0, 0.1) is 5.82 Å².